The molecule has 2 amide bonds. The quantitative estimate of drug-likeness (QED) is 0.837. The van der Waals surface area contributed by atoms with Gasteiger partial charge in [-0.05, 0) is 50.8 Å². The van der Waals surface area contributed by atoms with Gasteiger partial charge in [0.05, 0.1) is 25.4 Å². The van der Waals surface area contributed by atoms with Gasteiger partial charge in [-0.15, -0.1) is 0 Å². The van der Waals surface area contributed by atoms with E-state index in [2.05, 4.69) is 5.32 Å². The average Bonchev–Trinajstić information content (AvgIpc) is 2.53. The molecule has 1 aliphatic heterocycles. The minimum Gasteiger partial charge on any atom is -0.393 e. The van der Waals surface area contributed by atoms with Gasteiger partial charge in [-0.2, -0.15) is 0 Å². The molecule has 134 valence electrons. The maximum Gasteiger partial charge on any atom is 0.318 e. The number of aliphatic hydroxyl groups is 1. The van der Waals surface area contributed by atoms with Crippen molar-refractivity contribution in [2.24, 2.45) is 0 Å². The summed E-state index contributed by atoms with van der Waals surface area (Å²) in [4.78, 5) is 14.2. The molecule has 0 unspecified atom stereocenters. The number of nitrogens with one attached hydrogen (secondary N) is 1. The third-order valence-corrected chi connectivity index (χ3v) is 4.23. The van der Waals surface area contributed by atoms with Gasteiger partial charge >= 0.3 is 6.03 Å². The van der Waals surface area contributed by atoms with Crippen molar-refractivity contribution in [1.82, 2.24) is 10.2 Å². The number of urea groups is 1. The SMILES string of the molecule is C[C@H](O)C[C@H]1COCCN1C(=O)N[C@@H](C)CCc1cccc(F)c1. The van der Waals surface area contributed by atoms with Crippen molar-refractivity contribution in [2.75, 3.05) is 19.8 Å². The zero-order valence-corrected chi connectivity index (χ0v) is 14.4. The van der Waals surface area contributed by atoms with E-state index in [1.165, 1.54) is 12.1 Å². The minimum absolute atomic E-state index is 0.0178. The number of nitrogens with zero attached hydrogens (tertiary/aromatic N) is 1. The first-order valence-electron chi connectivity index (χ1n) is 8.53. The molecule has 0 radical (unpaired) electrons. The Morgan fingerprint density at radius 2 is 2.29 bits per heavy atom. The fourth-order valence-corrected chi connectivity index (χ4v) is 2.95. The van der Waals surface area contributed by atoms with Crippen LogP contribution < -0.4 is 5.32 Å². The summed E-state index contributed by atoms with van der Waals surface area (Å²) in [5.74, 6) is -0.238. The molecule has 1 saturated heterocycles. The minimum atomic E-state index is -0.475. The van der Waals surface area contributed by atoms with Gasteiger partial charge in [0.2, 0.25) is 0 Å². The van der Waals surface area contributed by atoms with Crippen LogP contribution >= 0.6 is 0 Å². The molecule has 24 heavy (non-hydrogen) atoms. The van der Waals surface area contributed by atoms with Crippen LogP contribution in [0.4, 0.5) is 9.18 Å². The summed E-state index contributed by atoms with van der Waals surface area (Å²) in [6.45, 7) is 5.16. The maximum atomic E-state index is 13.2. The van der Waals surface area contributed by atoms with Gasteiger partial charge in [0.15, 0.2) is 0 Å². The van der Waals surface area contributed by atoms with Crippen LogP contribution in [0.25, 0.3) is 0 Å². The van der Waals surface area contributed by atoms with E-state index in [-0.39, 0.29) is 23.9 Å². The first-order chi connectivity index (χ1) is 11.5. The van der Waals surface area contributed by atoms with Crippen LogP contribution in [-0.2, 0) is 11.2 Å². The summed E-state index contributed by atoms with van der Waals surface area (Å²) in [5, 5.41) is 12.6. The number of carbonyl (C=O) groups excluding carboxylic acids is 1. The van der Waals surface area contributed by atoms with Crippen molar-refractivity contribution in [3.63, 3.8) is 0 Å². The topological polar surface area (TPSA) is 61.8 Å². The Balaban J connectivity index is 1.83. The van der Waals surface area contributed by atoms with E-state index in [1.807, 2.05) is 13.0 Å². The number of benzene rings is 1. The number of carbonyl (C=O) groups is 1. The van der Waals surface area contributed by atoms with Gasteiger partial charge in [-0.3, -0.25) is 0 Å². The lowest BCUT2D eigenvalue weighted by molar-refractivity contribution is -0.00476. The molecule has 5 nitrogen and oxygen atoms in total. The Hall–Kier alpha value is -1.66. The molecule has 1 heterocycles. The molecule has 2 N–H and O–H groups in total. The fraction of sp³-hybridized carbons (Fsp3) is 0.611. The second kappa shape index (κ2) is 8.99. The number of morpholine rings is 1. The van der Waals surface area contributed by atoms with E-state index in [9.17, 15) is 14.3 Å². The molecule has 0 aromatic heterocycles. The van der Waals surface area contributed by atoms with Crippen molar-refractivity contribution < 1.29 is 19.0 Å². The smallest absolute Gasteiger partial charge is 0.318 e. The zero-order valence-electron chi connectivity index (χ0n) is 14.4. The Morgan fingerprint density at radius 1 is 1.50 bits per heavy atom. The molecule has 0 bridgehead atoms. The van der Waals surface area contributed by atoms with Gasteiger partial charge < -0.3 is 20.1 Å². The fourth-order valence-electron chi connectivity index (χ4n) is 2.95. The predicted octanol–water partition coefficient (Wildman–Crippen LogP) is 2.33. The Bertz CT molecular complexity index is 539. The number of aryl methyl sites for hydroxylation is 1. The van der Waals surface area contributed by atoms with Crippen LogP contribution in [0, 0.1) is 5.82 Å². The summed E-state index contributed by atoms with van der Waals surface area (Å²) in [6, 6.07) is 6.28. The average molecular weight is 338 g/mol. The van der Waals surface area contributed by atoms with Crippen LogP contribution in [0.2, 0.25) is 0 Å². The summed E-state index contributed by atoms with van der Waals surface area (Å²) in [6.07, 6.45) is 1.47. The third-order valence-electron chi connectivity index (χ3n) is 4.23. The largest absolute Gasteiger partial charge is 0.393 e. The van der Waals surface area contributed by atoms with Crippen molar-refractivity contribution in [3.05, 3.63) is 35.6 Å². The first kappa shape index (κ1) is 18.7. The number of hydrogen-bond acceptors (Lipinski definition) is 3. The van der Waals surface area contributed by atoms with E-state index in [1.54, 1.807) is 17.9 Å². The van der Waals surface area contributed by atoms with Crippen LogP contribution in [0.3, 0.4) is 0 Å². The molecule has 3 atom stereocenters. The molecule has 6 heteroatoms. The van der Waals surface area contributed by atoms with Crippen LogP contribution in [0.5, 0.6) is 0 Å². The molecule has 1 aliphatic rings. The zero-order chi connectivity index (χ0) is 17.5. The van der Waals surface area contributed by atoms with Crippen LogP contribution in [0.15, 0.2) is 24.3 Å². The monoisotopic (exact) mass is 338 g/mol. The summed E-state index contributed by atoms with van der Waals surface area (Å²) in [5.41, 5.74) is 0.925. The van der Waals surface area contributed by atoms with Gasteiger partial charge in [0.25, 0.3) is 0 Å². The Kier molecular flexibility index (Phi) is 6.99. The normalized spacial score (nSPS) is 20.5. The molecular formula is C18H27FN2O3. The summed E-state index contributed by atoms with van der Waals surface area (Å²) < 4.78 is 18.6. The second-order valence-corrected chi connectivity index (χ2v) is 6.53. The number of aliphatic hydroxyl groups excluding tert-OH is 1. The highest BCUT2D eigenvalue weighted by atomic mass is 19.1. The van der Waals surface area contributed by atoms with E-state index in [0.29, 0.717) is 32.6 Å². The highest BCUT2D eigenvalue weighted by Crippen LogP contribution is 2.14. The molecule has 1 aromatic rings. The van der Waals surface area contributed by atoms with Gasteiger partial charge in [0, 0.05) is 12.6 Å². The molecule has 1 aromatic carbocycles. The molecular weight excluding hydrogens is 311 g/mol. The van der Waals surface area contributed by atoms with Crippen molar-refractivity contribution >= 4 is 6.03 Å². The number of halogens is 1. The van der Waals surface area contributed by atoms with E-state index in [4.69, 9.17) is 4.74 Å². The molecule has 0 saturated carbocycles. The Morgan fingerprint density at radius 3 is 3.00 bits per heavy atom. The standard InChI is InChI=1S/C18H27FN2O3/c1-13(6-7-15-4-3-5-16(19)11-15)20-18(23)21-8-9-24-12-17(21)10-14(2)22/h3-5,11,13-14,17,22H,6-10,12H2,1-2H3,(H,20,23)/t13-,14-,17-/m0/s1. The molecule has 1 fully saturated rings. The van der Waals surface area contributed by atoms with Crippen LogP contribution in [0.1, 0.15) is 32.3 Å². The molecule has 0 spiro atoms. The summed E-state index contributed by atoms with van der Waals surface area (Å²) in [7, 11) is 0. The van der Waals surface area contributed by atoms with Gasteiger partial charge in [-0.25, -0.2) is 9.18 Å². The summed E-state index contributed by atoms with van der Waals surface area (Å²) >= 11 is 0. The first-order valence-corrected chi connectivity index (χ1v) is 8.53. The lowest BCUT2D eigenvalue weighted by Gasteiger charge is -2.37. The van der Waals surface area contributed by atoms with Gasteiger partial charge in [0.1, 0.15) is 5.82 Å². The van der Waals surface area contributed by atoms with Crippen molar-refractivity contribution in [2.45, 2.75) is 51.3 Å². The maximum absolute atomic E-state index is 13.2. The predicted molar refractivity (Wildman–Crippen MR) is 90.3 cm³/mol. The number of ether oxygens (including phenoxy) is 1. The van der Waals surface area contributed by atoms with Gasteiger partial charge in [-0.1, -0.05) is 12.1 Å². The number of hydrogen-bond donors (Lipinski definition) is 2. The molecule has 0 aliphatic carbocycles. The highest BCUT2D eigenvalue weighted by Gasteiger charge is 2.28. The van der Waals surface area contributed by atoms with Crippen molar-refractivity contribution in [3.8, 4) is 0 Å². The van der Waals surface area contributed by atoms with E-state index in [0.717, 1.165) is 12.0 Å². The third kappa shape index (κ3) is 5.76. The number of rotatable bonds is 6. The van der Waals surface area contributed by atoms with E-state index >= 15 is 0 Å². The number of amides is 2. The highest BCUT2D eigenvalue weighted by molar-refractivity contribution is 5.75. The lowest BCUT2D eigenvalue weighted by atomic mass is 10.1. The lowest BCUT2D eigenvalue weighted by Crippen LogP contribution is -2.54. The van der Waals surface area contributed by atoms with Crippen LogP contribution in [-0.4, -0.2) is 54.0 Å². The van der Waals surface area contributed by atoms with E-state index < -0.39 is 6.10 Å². The Labute approximate surface area is 142 Å². The second-order valence-electron chi connectivity index (χ2n) is 6.53. The van der Waals surface area contributed by atoms with Crippen molar-refractivity contribution in [1.29, 1.82) is 0 Å². The molecule has 2 rings (SSSR count).